The molecule has 0 saturated carbocycles. The third-order valence-electron chi connectivity index (χ3n) is 1.78. The molecule has 0 aliphatic rings. The number of nitrogens with one attached hydrogen (secondary N) is 1. The predicted octanol–water partition coefficient (Wildman–Crippen LogP) is 1.73. The highest BCUT2D eigenvalue weighted by molar-refractivity contribution is 5.73. The van der Waals surface area contributed by atoms with Gasteiger partial charge in [0.2, 0.25) is 0 Å². The quantitative estimate of drug-likeness (QED) is 0.656. The smallest absolute Gasteiger partial charge is 0.320 e. The van der Waals surface area contributed by atoms with E-state index in [1.54, 1.807) is 6.92 Å². The summed E-state index contributed by atoms with van der Waals surface area (Å²) in [5.74, 6) is -5.51. The highest BCUT2D eigenvalue weighted by Crippen LogP contribution is 2.21. The van der Waals surface area contributed by atoms with Crippen LogP contribution in [0.25, 0.3) is 0 Å². The summed E-state index contributed by atoms with van der Waals surface area (Å²) in [6.45, 7) is 0.338. The minimum atomic E-state index is -4.19. The van der Waals surface area contributed by atoms with Gasteiger partial charge in [0.25, 0.3) is 0 Å². The number of rotatable bonds is 7. The van der Waals surface area contributed by atoms with E-state index in [1.165, 1.54) is 0 Å². The second kappa shape index (κ2) is 5.89. The lowest BCUT2D eigenvalue weighted by atomic mass is 10.1. The first-order valence-electron chi connectivity index (χ1n) is 4.43. The van der Waals surface area contributed by atoms with Gasteiger partial charge < -0.3 is 5.11 Å². The lowest BCUT2D eigenvalue weighted by molar-refractivity contribution is -0.143. The zero-order valence-corrected chi connectivity index (χ0v) is 8.14. The van der Waals surface area contributed by atoms with Gasteiger partial charge in [-0.25, -0.2) is 8.78 Å². The predicted molar refractivity (Wildman–Crippen MR) is 45.3 cm³/mol. The molecular weight excluding hydrogens is 218 g/mol. The zero-order chi connectivity index (χ0) is 12.1. The fourth-order valence-electron chi connectivity index (χ4n) is 0.938. The van der Waals surface area contributed by atoms with Crippen molar-refractivity contribution < 1.29 is 27.5 Å². The Morgan fingerprint density at radius 2 is 2.00 bits per heavy atom. The van der Waals surface area contributed by atoms with Gasteiger partial charge in [-0.3, -0.25) is 10.1 Å². The molecule has 1 unspecified atom stereocenters. The standard InChI is InChI=1S/C8H13F4NO2/c1-2-3-5(6(14)15)13-4-8(11,12)7(9)10/h5,7,13H,2-4H2,1H3,(H,14,15). The van der Waals surface area contributed by atoms with Crippen molar-refractivity contribution in [1.29, 1.82) is 0 Å². The van der Waals surface area contributed by atoms with Crippen LogP contribution in [0, 0.1) is 0 Å². The molecule has 15 heavy (non-hydrogen) atoms. The monoisotopic (exact) mass is 231 g/mol. The van der Waals surface area contributed by atoms with Crippen molar-refractivity contribution in [2.24, 2.45) is 0 Å². The van der Waals surface area contributed by atoms with E-state index >= 15 is 0 Å². The van der Waals surface area contributed by atoms with Gasteiger partial charge in [0.05, 0.1) is 6.54 Å². The molecule has 2 N–H and O–H groups in total. The van der Waals surface area contributed by atoms with Gasteiger partial charge in [0, 0.05) is 0 Å². The fraction of sp³-hybridized carbons (Fsp3) is 0.875. The Balaban J connectivity index is 4.15. The molecule has 0 amide bonds. The van der Waals surface area contributed by atoms with Crippen LogP contribution in [0.3, 0.4) is 0 Å². The number of alkyl halides is 4. The Hall–Kier alpha value is -0.850. The molecule has 0 heterocycles. The third kappa shape index (κ3) is 4.96. The zero-order valence-electron chi connectivity index (χ0n) is 8.14. The van der Waals surface area contributed by atoms with E-state index in [0.29, 0.717) is 6.42 Å². The Morgan fingerprint density at radius 3 is 2.33 bits per heavy atom. The van der Waals surface area contributed by atoms with Gasteiger partial charge in [-0.1, -0.05) is 13.3 Å². The van der Waals surface area contributed by atoms with Crippen LogP contribution >= 0.6 is 0 Å². The van der Waals surface area contributed by atoms with E-state index in [1.807, 2.05) is 5.32 Å². The maximum atomic E-state index is 12.4. The van der Waals surface area contributed by atoms with Crippen LogP contribution < -0.4 is 5.32 Å². The lowest BCUT2D eigenvalue weighted by Crippen LogP contribution is -2.46. The molecule has 0 radical (unpaired) electrons. The van der Waals surface area contributed by atoms with E-state index in [-0.39, 0.29) is 6.42 Å². The normalized spacial score (nSPS) is 14.3. The molecule has 0 rings (SSSR count). The maximum absolute atomic E-state index is 12.4. The molecule has 0 aliphatic heterocycles. The number of halogens is 4. The van der Waals surface area contributed by atoms with E-state index < -0.39 is 30.9 Å². The summed E-state index contributed by atoms with van der Waals surface area (Å²) in [4.78, 5) is 10.5. The fourth-order valence-corrected chi connectivity index (χ4v) is 0.938. The molecular formula is C8H13F4NO2. The first kappa shape index (κ1) is 14.2. The molecule has 0 fully saturated rings. The first-order chi connectivity index (χ1) is 6.81. The molecule has 0 bridgehead atoms. The summed E-state index contributed by atoms with van der Waals surface area (Å²) >= 11 is 0. The van der Waals surface area contributed by atoms with Crippen molar-refractivity contribution >= 4 is 5.97 Å². The van der Waals surface area contributed by atoms with Crippen molar-refractivity contribution in [3.05, 3.63) is 0 Å². The number of hydrogen-bond donors (Lipinski definition) is 2. The second-order valence-electron chi connectivity index (χ2n) is 3.12. The van der Waals surface area contributed by atoms with Crippen molar-refractivity contribution in [3.63, 3.8) is 0 Å². The summed E-state index contributed by atoms with van der Waals surface area (Å²) in [5, 5.41) is 10.5. The van der Waals surface area contributed by atoms with Crippen LogP contribution in [0.4, 0.5) is 17.6 Å². The number of hydrogen-bond acceptors (Lipinski definition) is 2. The molecule has 3 nitrogen and oxygen atoms in total. The van der Waals surface area contributed by atoms with Gasteiger partial charge in [-0.2, -0.15) is 8.78 Å². The summed E-state index contributed by atoms with van der Waals surface area (Å²) in [7, 11) is 0. The number of aliphatic carboxylic acids is 1. The molecule has 0 aromatic rings. The van der Waals surface area contributed by atoms with Crippen LogP contribution in [-0.2, 0) is 4.79 Å². The van der Waals surface area contributed by atoms with E-state index in [4.69, 9.17) is 5.11 Å². The van der Waals surface area contributed by atoms with Crippen molar-refractivity contribution in [2.75, 3.05) is 6.54 Å². The van der Waals surface area contributed by atoms with E-state index in [9.17, 15) is 22.4 Å². The Bertz CT molecular complexity index is 211. The summed E-state index contributed by atoms with van der Waals surface area (Å²) < 4.78 is 48.2. The molecule has 0 aliphatic carbocycles. The second-order valence-corrected chi connectivity index (χ2v) is 3.12. The van der Waals surface area contributed by atoms with Crippen LogP contribution in [0.2, 0.25) is 0 Å². The largest absolute Gasteiger partial charge is 0.480 e. The van der Waals surface area contributed by atoms with Gasteiger partial charge in [-0.05, 0) is 6.42 Å². The number of carbonyl (C=O) groups is 1. The van der Waals surface area contributed by atoms with Crippen molar-refractivity contribution in [1.82, 2.24) is 5.32 Å². The highest BCUT2D eigenvalue weighted by Gasteiger charge is 2.41. The average molecular weight is 231 g/mol. The topological polar surface area (TPSA) is 49.3 Å². The van der Waals surface area contributed by atoms with Crippen LogP contribution in [0.1, 0.15) is 19.8 Å². The highest BCUT2D eigenvalue weighted by atomic mass is 19.3. The van der Waals surface area contributed by atoms with Crippen LogP contribution in [0.5, 0.6) is 0 Å². The molecule has 0 aromatic carbocycles. The van der Waals surface area contributed by atoms with E-state index in [0.717, 1.165) is 0 Å². The first-order valence-corrected chi connectivity index (χ1v) is 4.43. The molecule has 7 heteroatoms. The maximum Gasteiger partial charge on any atom is 0.320 e. The van der Waals surface area contributed by atoms with Gasteiger partial charge in [-0.15, -0.1) is 0 Å². The van der Waals surface area contributed by atoms with Gasteiger partial charge >= 0.3 is 18.3 Å². The lowest BCUT2D eigenvalue weighted by Gasteiger charge is -2.19. The molecule has 0 aromatic heterocycles. The SMILES string of the molecule is CCCC(NCC(F)(F)C(F)F)C(=O)O. The van der Waals surface area contributed by atoms with Crippen molar-refractivity contribution in [2.45, 2.75) is 38.2 Å². The van der Waals surface area contributed by atoms with Gasteiger partial charge in [0.1, 0.15) is 6.04 Å². The molecule has 1 atom stereocenters. The average Bonchev–Trinajstić information content (AvgIpc) is 2.11. The minimum absolute atomic E-state index is 0.120. The minimum Gasteiger partial charge on any atom is -0.480 e. The number of carboxylic acid groups (broad SMARTS) is 1. The Labute approximate surface area is 84.5 Å². The molecule has 0 saturated heterocycles. The van der Waals surface area contributed by atoms with Crippen LogP contribution in [-0.4, -0.2) is 36.0 Å². The number of carboxylic acids is 1. The summed E-state index contributed by atoms with van der Waals surface area (Å²) in [6, 6.07) is -1.21. The molecule has 90 valence electrons. The van der Waals surface area contributed by atoms with E-state index in [2.05, 4.69) is 0 Å². The Kier molecular flexibility index (Phi) is 5.56. The Morgan fingerprint density at radius 1 is 1.47 bits per heavy atom. The third-order valence-corrected chi connectivity index (χ3v) is 1.78. The van der Waals surface area contributed by atoms with Crippen molar-refractivity contribution in [3.8, 4) is 0 Å². The molecule has 0 spiro atoms. The van der Waals surface area contributed by atoms with Gasteiger partial charge in [0.15, 0.2) is 0 Å². The summed E-state index contributed by atoms with van der Waals surface area (Å²) in [5.41, 5.74) is 0. The van der Waals surface area contributed by atoms with Crippen LogP contribution in [0.15, 0.2) is 0 Å². The summed E-state index contributed by atoms with van der Waals surface area (Å²) in [6.07, 6.45) is -3.21.